The number of benzene rings is 3. The summed E-state index contributed by atoms with van der Waals surface area (Å²) < 4.78 is 26.9. The molecular formula is C25H25N3O3S. The van der Waals surface area contributed by atoms with Crippen molar-refractivity contribution in [1.82, 2.24) is 14.9 Å². The molecule has 1 N–H and O–H groups in total. The first-order valence-electron chi connectivity index (χ1n) is 10.4. The van der Waals surface area contributed by atoms with Crippen LogP contribution < -0.4 is 5.32 Å². The van der Waals surface area contributed by atoms with Gasteiger partial charge in [0.25, 0.3) is 0 Å². The lowest BCUT2D eigenvalue weighted by molar-refractivity contribution is -0.120. The van der Waals surface area contributed by atoms with Crippen LogP contribution in [0.25, 0.3) is 11.0 Å². The molecule has 0 unspecified atom stereocenters. The molecule has 3 aromatic carbocycles. The van der Waals surface area contributed by atoms with Crippen molar-refractivity contribution in [1.29, 1.82) is 0 Å². The molecule has 0 aliphatic rings. The zero-order valence-corrected chi connectivity index (χ0v) is 18.7. The predicted molar refractivity (Wildman–Crippen MR) is 125 cm³/mol. The number of nitrogens with zero attached hydrogens (tertiary/aromatic N) is 2. The van der Waals surface area contributed by atoms with Gasteiger partial charge in [0, 0.05) is 19.5 Å². The molecule has 0 bridgehead atoms. The van der Waals surface area contributed by atoms with E-state index in [4.69, 9.17) is 0 Å². The third-order valence-corrected chi connectivity index (χ3v) is 7.10. The highest BCUT2D eigenvalue weighted by Gasteiger charge is 2.16. The summed E-state index contributed by atoms with van der Waals surface area (Å²) in [7, 11) is -3.47. The number of fused-ring (bicyclic) bond motifs is 1. The number of carbonyl (C=O) groups excluding carboxylic acids is 1. The van der Waals surface area contributed by atoms with Gasteiger partial charge in [-0.1, -0.05) is 54.1 Å². The van der Waals surface area contributed by atoms with Crippen LogP contribution in [-0.4, -0.2) is 29.6 Å². The number of hydrogen-bond donors (Lipinski definition) is 1. The van der Waals surface area contributed by atoms with E-state index in [-0.39, 0.29) is 23.0 Å². The van der Waals surface area contributed by atoms with Crippen molar-refractivity contribution in [3.8, 4) is 0 Å². The minimum atomic E-state index is -3.47. The van der Waals surface area contributed by atoms with Gasteiger partial charge in [0.15, 0.2) is 9.84 Å². The molecular weight excluding hydrogens is 422 g/mol. The van der Waals surface area contributed by atoms with E-state index in [1.807, 2.05) is 61.8 Å². The molecule has 6 nitrogen and oxygen atoms in total. The highest BCUT2D eigenvalue weighted by Crippen LogP contribution is 2.15. The average Bonchev–Trinajstić information content (AvgIpc) is 3.20. The lowest BCUT2D eigenvalue weighted by Crippen LogP contribution is -2.25. The minimum Gasteiger partial charge on any atom is -0.352 e. The Labute approximate surface area is 187 Å². The number of aromatic nitrogens is 2. The largest absolute Gasteiger partial charge is 0.352 e. The molecule has 32 heavy (non-hydrogen) atoms. The summed E-state index contributed by atoms with van der Waals surface area (Å²) in [6.45, 7) is 2.97. The summed E-state index contributed by atoms with van der Waals surface area (Å²) >= 11 is 0. The van der Waals surface area contributed by atoms with Crippen LogP contribution >= 0.6 is 0 Å². The molecule has 0 radical (unpaired) electrons. The molecule has 0 spiro atoms. The highest BCUT2D eigenvalue weighted by molar-refractivity contribution is 7.91. The lowest BCUT2D eigenvalue weighted by atomic mass is 10.1. The van der Waals surface area contributed by atoms with Crippen LogP contribution in [0.2, 0.25) is 0 Å². The first-order chi connectivity index (χ1) is 15.4. The van der Waals surface area contributed by atoms with Gasteiger partial charge in [-0.25, -0.2) is 13.4 Å². The fourth-order valence-corrected chi connectivity index (χ4v) is 4.72. The second kappa shape index (κ2) is 9.36. The Hall–Kier alpha value is -3.45. The SMILES string of the molecule is Cc1ccc(S(=O)(=O)CCC(=O)NCc2ccc(Cn3cnc4ccccc43)cc2)cc1. The van der Waals surface area contributed by atoms with E-state index in [0.717, 1.165) is 27.7 Å². The number of rotatable bonds is 8. The Morgan fingerprint density at radius 1 is 0.938 bits per heavy atom. The number of nitrogens with one attached hydrogen (secondary N) is 1. The van der Waals surface area contributed by atoms with E-state index in [0.29, 0.717) is 13.1 Å². The monoisotopic (exact) mass is 447 g/mol. The third-order valence-electron chi connectivity index (χ3n) is 5.37. The topological polar surface area (TPSA) is 81.1 Å². The smallest absolute Gasteiger partial charge is 0.221 e. The van der Waals surface area contributed by atoms with E-state index in [1.165, 1.54) is 0 Å². The fraction of sp³-hybridized carbons (Fsp3) is 0.200. The average molecular weight is 448 g/mol. The molecule has 0 atom stereocenters. The first-order valence-corrected chi connectivity index (χ1v) is 12.1. The molecule has 0 saturated heterocycles. The maximum Gasteiger partial charge on any atom is 0.221 e. The lowest BCUT2D eigenvalue weighted by Gasteiger charge is -2.08. The van der Waals surface area contributed by atoms with Crippen molar-refractivity contribution in [3.05, 3.63) is 95.8 Å². The van der Waals surface area contributed by atoms with Gasteiger partial charge in [0.05, 0.1) is 28.0 Å². The quantitative estimate of drug-likeness (QED) is 0.445. The van der Waals surface area contributed by atoms with Gasteiger partial charge >= 0.3 is 0 Å². The molecule has 0 saturated carbocycles. The third kappa shape index (κ3) is 5.23. The molecule has 164 valence electrons. The van der Waals surface area contributed by atoms with Crippen molar-refractivity contribution >= 4 is 26.8 Å². The van der Waals surface area contributed by atoms with Crippen molar-refractivity contribution in [2.45, 2.75) is 31.3 Å². The molecule has 4 rings (SSSR count). The molecule has 0 aliphatic heterocycles. The Bertz CT molecular complexity index is 1330. The summed E-state index contributed by atoms with van der Waals surface area (Å²) in [6.07, 6.45) is 1.77. The molecule has 1 amide bonds. The Morgan fingerprint density at radius 3 is 2.38 bits per heavy atom. The van der Waals surface area contributed by atoms with Gasteiger partial charge in [-0.2, -0.15) is 0 Å². The summed E-state index contributed by atoms with van der Waals surface area (Å²) in [5.41, 5.74) is 5.14. The van der Waals surface area contributed by atoms with Crippen LogP contribution in [0.4, 0.5) is 0 Å². The normalized spacial score (nSPS) is 11.5. The molecule has 7 heteroatoms. The second-order valence-corrected chi connectivity index (χ2v) is 9.95. The number of aryl methyl sites for hydroxylation is 1. The molecule has 4 aromatic rings. The summed E-state index contributed by atoms with van der Waals surface area (Å²) in [5, 5.41) is 2.80. The van der Waals surface area contributed by atoms with Crippen molar-refractivity contribution < 1.29 is 13.2 Å². The molecule has 1 heterocycles. The van der Waals surface area contributed by atoms with Gasteiger partial charge < -0.3 is 9.88 Å². The summed E-state index contributed by atoms with van der Waals surface area (Å²) in [5.74, 6) is -0.491. The van der Waals surface area contributed by atoms with Gasteiger partial charge in [0.1, 0.15) is 0 Å². The number of amides is 1. The number of para-hydroxylation sites is 2. The van der Waals surface area contributed by atoms with Crippen LogP contribution in [-0.2, 0) is 27.7 Å². The second-order valence-electron chi connectivity index (χ2n) is 7.84. The Balaban J connectivity index is 1.28. The summed E-state index contributed by atoms with van der Waals surface area (Å²) in [6, 6.07) is 22.7. The van der Waals surface area contributed by atoms with Crippen LogP contribution in [0.1, 0.15) is 23.1 Å². The minimum absolute atomic E-state index is 0.0675. The van der Waals surface area contributed by atoms with Crippen molar-refractivity contribution in [2.75, 3.05) is 5.75 Å². The standard InChI is InChI=1S/C25H25N3O3S/c1-19-6-12-22(13-7-19)32(30,31)15-14-25(29)26-16-20-8-10-21(11-9-20)17-28-18-27-23-4-2-3-5-24(23)28/h2-13,18H,14-17H2,1H3,(H,26,29). The highest BCUT2D eigenvalue weighted by atomic mass is 32.2. The van der Waals surface area contributed by atoms with E-state index >= 15 is 0 Å². The fourth-order valence-electron chi connectivity index (χ4n) is 3.48. The molecule has 1 aromatic heterocycles. The zero-order chi connectivity index (χ0) is 22.6. The van der Waals surface area contributed by atoms with E-state index in [1.54, 1.807) is 24.3 Å². The van der Waals surface area contributed by atoms with Gasteiger partial charge in [-0.15, -0.1) is 0 Å². The maximum absolute atomic E-state index is 12.4. The summed E-state index contributed by atoms with van der Waals surface area (Å²) in [4.78, 5) is 16.8. The van der Waals surface area contributed by atoms with Gasteiger partial charge in [0.2, 0.25) is 5.91 Å². The molecule has 0 aliphatic carbocycles. The zero-order valence-electron chi connectivity index (χ0n) is 17.9. The van der Waals surface area contributed by atoms with Gasteiger partial charge in [-0.05, 0) is 42.3 Å². The van der Waals surface area contributed by atoms with Crippen LogP contribution in [0.3, 0.4) is 0 Å². The number of imidazole rings is 1. The number of sulfone groups is 1. The van der Waals surface area contributed by atoms with E-state index < -0.39 is 9.84 Å². The van der Waals surface area contributed by atoms with Crippen molar-refractivity contribution in [3.63, 3.8) is 0 Å². The van der Waals surface area contributed by atoms with Crippen LogP contribution in [0, 0.1) is 6.92 Å². The Kier molecular flexibility index (Phi) is 6.37. The maximum atomic E-state index is 12.4. The van der Waals surface area contributed by atoms with E-state index in [9.17, 15) is 13.2 Å². The molecule has 0 fully saturated rings. The Morgan fingerprint density at radius 2 is 1.62 bits per heavy atom. The van der Waals surface area contributed by atoms with Crippen LogP contribution in [0.15, 0.2) is 84.0 Å². The number of hydrogen-bond acceptors (Lipinski definition) is 4. The van der Waals surface area contributed by atoms with Gasteiger partial charge in [-0.3, -0.25) is 4.79 Å². The predicted octanol–water partition coefficient (Wildman–Crippen LogP) is 3.87. The van der Waals surface area contributed by atoms with Crippen molar-refractivity contribution in [2.24, 2.45) is 0 Å². The number of carbonyl (C=O) groups is 1. The first kappa shape index (κ1) is 21.8. The van der Waals surface area contributed by atoms with Crippen LogP contribution in [0.5, 0.6) is 0 Å². The van der Waals surface area contributed by atoms with E-state index in [2.05, 4.69) is 14.9 Å².